The van der Waals surface area contributed by atoms with Gasteiger partial charge in [-0.15, -0.1) is 0 Å². The summed E-state index contributed by atoms with van der Waals surface area (Å²) in [4.78, 5) is 12.7. The molecule has 1 fully saturated rings. The van der Waals surface area contributed by atoms with Crippen molar-refractivity contribution in [3.63, 3.8) is 0 Å². The Balaban J connectivity index is 1.86. The van der Waals surface area contributed by atoms with E-state index >= 15 is 0 Å². The number of hydrogen-bond acceptors (Lipinski definition) is 9. The number of rotatable bonds is 8. The number of nitrogens with one attached hydrogen (secondary N) is 2. The molecule has 0 aliphatic carbocycles. The number of aromatic nitrogens is 4. The van der Waals surface area contributed by atoms with Crippen molar-refractivity contribution in [3.8, 4) is 0 Å². The van der Waals surface area contributed by atoms with Crippen molar-refractivity contribution < 1.29 is 20.1 Å². The van der Waals surface area contributed by atoms with Crippen molar-refractivity contribution >= 4 is 17.0 Å². The Labute approximate surface area is 155 Å². The van der Waals surface area contributed by atoms with Gasteiger partial charge < -0.3 is 30.7 Å². The second-order valence-electron chi connectivity index (χ2n) is 5.90. The second-order valence-corrected chi connectivity index (χ2v) is 5.90. The van der Waals surface area contributed by atoms with Crippen LogP contribution in [-0.4, -0.2) is 66.3 Å². The van der Waals surface area contributed by atoms with Gasteiger partial charge in [-0.25, -0.2) is 15.0 Å². The van der Waals surface area contributed by atoms with Gasteiger partial charge in [0.05, 0.1) is 19.5 Å². The lowest BCUT2D eigenvalue weighted by Crippen LogP contribution is -2.33. The molecule has 0 amide bonds. The SMILES string of the molecule is C=C/C=C(/CNc1ncnc2c1ncn2C1OC(CO)C(O)C1O)NC=C. The highest BCUT2D eigenvalue weighted by molar-refractivity contribution is 5.82. The van der Waals surface area contributed by atoms with E-state index < -0.39 is 31.1 Å². The summed E-state index contributed by atoms with van der Waals surface area (Å²) in [7, 11) is 0. The Morgan fingerprint density at radius 1 is 1.26 bits per heavy atom. The first kappa shape index (κ1) is 19.0. The molecule has 1 saturated heterocycles. The number of aliphatic hydroxyl groups is 3. The molecule has 2 aromatic rings. The van der Waals surface area contributed by atoms with Crippen LogP contribution >= 0.6 is 0 Å². The van der Waals surface area contributed by atoms with Gasteiger partial charge in [0.15, 0.2) is 23.2 Å². The van der Waals surface area contributed by atoms with Crippen LogP contribution in [0.4, 0.5) is 5.82 Å². The molecule has 1 aliphatic heterocycles. The second kappa shape index (κ2) is 8.27. The first-order valence-electron chi connectivity index (χ1n) is 8.33. The number of fused-ring (bicyclic) bond motifs is 1. The third kappa shape index (κ3) is 3.69. The number of anilines is 1. The molecular weight excluding hydrogens is 352 g/mol. The molecule has 3 heterocycles. The fourth-order valence-corrected chi connectivity index (χ4v) is 2.89. The van der Waals surface area contributed by atoms with E-state index in [0.29, 0.717) is 23.5 Å². The first-order chi connectivity index (χ1) is 13.1. The van der Waals surface area contributed by atoms with E-state index in [-0.39, 0.29) is 0 Å². The number of imidazole rings is 1. The van der Waals surface area contributed by atoms with Gasteiger partial charge in [0.1, 0.15) is 24.6 Å². The van der Waals surface area contributed by atoms with Gasteiger partial charge in [0.25, 0.3) is 0 Å². The van der Waals surface area contributed by atoms with Crippen LogP contribution in [0.2, 0.25) is 0 Å². The zero-order valence-corrected chi connectivity index (χ0v) is 14.6. The average molecular weight is 374 g/mol. The van der Waals surface area contributed by atoms with Gasteiger partial charge >= 0.3 is 0 Å². The number of nitrogens with zero attached hydrogens (tertiary/aromatic N) is 4. The predicted octanol–water partition coefficient (Wildman–Crippen LogP) is -0.347. The summed E-state index contributed by atoms with van der Waals surface area (Å²) < 4.78 is 7.05. The minimum atomic E-state index is -1.22. The largest absolute Gasteiger partial charge is 0.394 e. The molecule has 0 spiro atoms. The molecule has 10 nitrogen and oxygen atoms in total. The lowest BCUT2D eigenvalue weighted by atomic mass is 10.1. The summed E-state index contributed by atoms with van der Waals surface area (Å²) in [6.45, 7) is 7.31. The molecule has 3 rings (SSSR count). The van der Waals surface area contributed by atoms with Gasteiger partial charge in [0, 0.05) is 5.70 Å². The molecule has 0 saturated carbocycles. The summed E-state index contributed by atoms with van der Waals surface area (Å²) in [5, 5.41) is 35.6. The van der Waals surface area contributed by atoms with Crippen LogP contribution in [0.1, 0.15) is 6.23 Å². The van der Waals surface area contributed by atoms with Crippen molar-refractivity contribution in [2.24, 2.45) is 0 Å². The van der Waals surface area contributed by atoms with Gasteiger partial charge in [-0.1, -0.05) is 19.2 Å². The number of hydrogen-bond donors (Lipinski definition) is 5. The summed E-state index contributed by atoms with van der Waals surface area (Å²) in [6, 6.07) is 0. The van der Waals surface area contributed by atoms with E-state index in [9.17, 15) is 15.3 Å². The maximum atomic E-state index is 10.2. The van der Waals surface area contributed by atoms with Crippen molar-refractivity contribution in [3.05, 3.63) is 49.9 Å². The molecule has 10 heteroatoms. The molecule has 144 valence electrons. The predicted molar refractivity (Wildman–Crippen MR) is 98.4 cm³/mol. The molecule has 0 aromatic carbocycles. The van der Waals surface area contributed by atoms with Gasteiger partial charge in [-0.2, -0.15) is 0 Å². The van der Waals surface area contributed by atoms with Crippen molar-refractivity contribution in [1.29, 1.82) is 0 Å². The monoisotopic (exact) mass is 374 g/mol. The quantitative estimate of drug-likeness (QED) is 0.393. The minimum absolute atomic E-state index is 0.405. The van der Waals surface area contributed by atoms with Crippen molar-refractivity contribution in [2.45, 2.75) is 24.5 Å². The van der Waals surface area contributed by atoms with Crippen molar-refractivity contribution in [2.75, 3.05) is 18.5 Å². The third-order valence-electron chi connectivity index (χ3n) is 4.20. The Hall–Kier alpha value is -2.79. The fraction of sp³-hybridized carbons (Fsp3) is 0.353. The van der Waals surface area contributed by atoms with Crippen molar-refractivity contribution in [1.82, 2.24) is 24.8 Å². The Morgan fingerprint density at radius 3 is 2.74 bits per heavy atom. The molecule has 4 atom stereocenters. The maximum Gasteiger partial charge on any atom is 0.167 e. The Bertz CT molecular complexity index is 851. The van der Waals surface area contributed by atoms with Crippen LogP contribution < -0.4 is 10.6 Å². The van der Waals surface area contributed by atoms with Gasteiger partial charge in [-0.05, 0) is 12.3 Å². The summed E-state index contributed by atoms with van der Waals surface area (Å²) in [5.74, 6) is 0.492. The zero-order valence-electron chi connectivity index (χ0n) is 14.6. The molecule has 5 N–H and O–H groups in total. The van der Waals surface area contributed by atoms with Crippen LogP contribution in [-0.2, 0) is 4.74 Å². The van der Waals surface area contributed by atoms with Crippen LogP contribution in [0, 0.1) is 0 Å². The van der Waals surface area contributed by atoms with E-state index in [1.165, 1.54) is 17.2 Å². The first-order valence-corrected chi connectivity index (χ1v) is 8.33. The fourth-order valence-electron chi connectivity index (χ4n) is 2.89. The molecule has 2 aromatic heterocycles. The third-order valence-corrected chi connectivity index (χ3v) is 4.20. The molecular formula is C17H22N6O4. The van der Waals surface area contributed by atoms with E-state index in [1.54, 1.807) is 18.4 Å². The Kier molecular flexibility index (Phi) is 5.81. The number of allylic oxidation sites excluding steroid dienone is 2. The molecule has 27 heavy (non-hydrogen) atoms. The minimum Gasteiger partial charge on any atom is -0.394 e. The van der Waals surface area contributed by atoms with E-state index in [4.69, 9.17) is 4.74 Å². The summed E-state index contributed by atoms with van der Waals surface area (Å²) in [5.41, 5.74) is 1.73. The van der Waals surface area contributed by atoms with E-state index in [2.05, 4.69) is 38.7 Å². The molecule has 4 unspecified atom stereocenters. The van der Waals surface area contributed by atoms with Crippen LogP contribution in [0.25, 0.3) is 11.2 Å². The van der Waals surface area contributed by atoms with Gasteiger partial charge in [-0.3, -0.25) is 4.57 Å². The molecule has 1 aliphatic rings. The maximum absolute atomic E-state index is 10.2. The lowest BCUT2D eigenvalue weighted by Gasteiger charge is -2.16. The van der Waals surface area contributed by atoms with Crippen LogP contribution in [0.3, 0.4) is 0 Å². The highest BCUT2D eigenvalue weighted by Crippen LogP contribution is 2.32. The zero-order chi connectivity index (χ0) is 19.4. The summed E-state index contributed by atoms with van der Waals surface area (Å²) >= 11 is 0. The smallest absolute Gasteiger partial charge is 0.167 e. The lowest BCUT2D eigenvalue weighted by molar-refractivity contribution is -0.0511. The van der Waals surface area contributed by atoms with E-state index in [0.717, 1.165) is 5.70 Å². The topological polar surface area (TPSA) is 138 Å². The van der Waals surface area contributed by atoms with Crippen LogP contribution in [0.5, 0.6) is 0 Å². The Morgan fingerprint density at radius 2 is 2.07 bits per heavy atom. The highest BCUT2D eigenvalue weighted by Gasteiger charge is 2.44. The highest BCUT2D eigenvalue weighted by atomic mass is 16.6. The molecule has 0 radical (unpaired) electrons. The van der Waals surface area contributed by atoms with Gasteiger partial charge in [0.2, 0.25) is 0 Å². The van der Waals surface area contributed by atoms with Crippen LogP contribution in [0.15, 0.2) is 49.9 Å². The summed E-state index contributed by atoms with van der Waals surface area (Å²) in [6.07, 6.45) is 3.61. The average Bonchev–Trinajstić information content (AvgIpc) is 3.22. The number of aliphatic hydroxyl groups excluding tert-OH is 3. The standard InChI is InChI=1S/C17H22N6O4/c1-3-5-10(18-4-2)6-19-15-12-16(21-8-20-15)23(9-22-12)17-14(26)13(25)11(7-24)27-17/h3-5,8-9,11,13-14,17-18,24-26H,1-2,6-7H2,(H,19,20,21)/b10-5-. The normalized spacial score (nSPS) is 25.5. The number of ether oxygens (including phenoxy) is 1. The molecule has 0 bridgehead atoms. The van der Waals surface area contributed by atoms with E-state index in [1.807, 2.05) is 0 Å².